The van der Waals surface area contributed by atoms with Gasteiger partial charge in [-0.15, -0.1) is 0 Å². The van der Waals surface area contributed by atoms with Gasteiger partial charge in [-0.2, -0.15) is 0 Å². The van der Waals surface area contributed by atoms with Crippen molar-refractivity contribution in [3.63, 3.8) is 0 Å². The normalized spacial score (nSPS) is 17.2. The summed E-state index contributed by atoms with van der Waals surface area (Å²) < 4.78 is 5.65. The lowest BCUT2D eigenvalue weighted by Crippen LogP contribution is -2.88. The molecule has 0 bridgehead atoms. The number of nitrogens with zero attached hydrogens (tertiary/aromatic N) is 1. The number of quaternary nitrogens is 1. The highest BCUT2D eigenvalue weighted by molar-refractivity contribution is 6.01. The Morgan fingerprint density at radius 3 is 2.71 bits per heavy atom. The van der Waals surface area contributed by atoms with Crippen molar-refractivity contribution in [2.75, 3.05) is 0 Å². The molecule has 0 saturated heterocycles. The summed E-state index contributed by atoms with van der Waals surface area (Å²) in [5.74, 6) is 0.737. The molecule has 5 nitrogen and oxygen atoms in total. The Kier molecular flexibility index (Phi) is 4.34. The number of aromatic nitrogens is 2. The Labute approximate surface area is 140 Å². The Morgan fingerprint density at radius 2 is 1.88 bits per heavy atom. The highest BCUT2D eigenvalue weighted by Crippen LogP contribution is 2.24. The number of nitrogens with one attached hydrogen (secondary N) is 1. The second kappa shape index (κ2) is 6.77. The molecule has 0 amide bonds. The molecule has 2 aromatic heterocycles. The zero-order valence-corrected chi connectivity index (χ0v) is 13.9. The van der Waals surface area contributed by atoms with Gasteiger partial charge in [0.1, 0.15) is 17.6 Å². The van der Waals surface area contributed by atoms with E-state index in [-0.39, 0.29) is 5.56 Å². The van der Waals surface area contributed by atoms with Crippen LogP contribution in [-0.4, -0.2) is 16.0 Å². The molecule has 0 radical (unpaired) electrons. The Morgan fingerprint density at radius 1 is 1.12 bits per heavy atom. The second-order valence-electron chi connectivity index (χ2n) is 6.83. The number of nitrogens with two attached hydrogens (primary N) is 1. The van der Waals surface area contributed by atoms with E-state index in [0.29, 0.717) is 22.7 Å². The van der Waals surface area contributed by atoms with Crippen LogP contribution < -0.4 is 10.9 Å². The summed E-state index contributed by atoms with van der Waals surface area (Å²) in [6.45, 7) is 0.718. The molecule has 1 fully saturated rings. The van der Waals surface area contributed by atoms with Gasteiger partial charge in [0.25, 0.3) is 5.56 Å². The van der Waals surface area contributed by atoms with Crippen LogP contribution in [0.5, 0.6) is 0 Å². The van der Waals surface area contributed by atoms with Crippen molar-refractivity contribution in [1.82, 2.24) is 9.97 Å². The molecule has 5 heteroatoms. The van der Waals surface area contributed by atoms with E-state index in [4.69, 9.17) is 4.42 Å². The van der Waals surface area contributed by atoms with Gasteiger partial charge in [0.05, 0.1) is 6.04 Å². The predicted octanol–water partition coefficient (Wildman–Crippen LogP) is 2.85. The van der Waals surface area contributed by atoms with Crippen LogP contribution in [0.4, 0.5) is 0 Å². The number of furan rings is 1. The van der Waals surface area contributed by atoms with Crippen LogP contribution in [0.25, 0.3) is 22.1 Å². The zero-order chi connectivity index (χ0) is 16.4. The first-order chi connectivity index (χ1) is 11.8. The fourth-order valence-electron chi connectivity index (χ4n) is 3.75. The smallest absolute Gasteiger partial charge is 0.294 e. The van der Waals surface area contributed by atoms with Gasteiger partial charge in [-0.05, 0) is 37.8 Å². The molecule has 0 atom stereocenters. The molecular weight excluding hydrogens is 302 g/mol. The molecule has 0 unspecified atom stereocenters. The number of fused-ring (bicyclic) bond motifs is 3. The van der Waals surface area contributed by atoms with Crippen LogP contribution in [0.15, 0.2) is 33.5 Å². The lowest BCUT2D eigenvalue weighted by molar-refractivity contribution is -0.706. The molecule has 3 N–H and O–H groups in total. The third-order valence-corrected chi connectivity index (χ3v) is 5.07. The van der Waals surface area contributed by atoms with Crippen molar-refractivity contribution in [1.29, 1.82) is 0 Å². The van der Waals surface area contributed by atoms with Crippen LogP contribution in [0.1, 0.15) is 50.8 Å². The van der Waals surface area contributed by atoms with Gasteiger partial charge >= 0.3 is 0 Å². The fraction of sp³-hybridized carbons (Fsp3) is 0.474. The minimum Gasteiger partial charge on any atom is -0.449 e. The third kappa shape index (κ3) is 3.08. The molecule has 2 heterocycles. The molecule has 4 rings (SSSR count). The van der Waals surface area contributed by atoms with E-state index >= 15 is 0 Å². The van der Waals surface area contributed by atoms with Crippen LogP contribution in [0.2, 0.25) is 0 Å². The van der Waals surface area contributed by atoms with Gasteiger partial charge in [-0.3, -0.25) is 4.79 Å². The monoisotopic (exact) mass is 326 g/mol. The minimum atomic E-state index is -0.183. The van der Waals surface area contributed by atoms with E-state index in [0.717, 1.165) is 17.8 Å². The molecule has 1 aliphatic rings. The molecule has 24 heavy (non-hydrogen) atoms. The maximum absolute atomic E-state index is 12.3. The summed E-state index contributed by atoms with van der Waals surface area (Å²) >= 11 is 0. The quantitative estimate of drug-likeness (QED) is 0.777. The average Bonchev–Trinajstić information content (AvgIpc) is 2.93. The summed E-state index contributed by atoms with van der Waals surface area (Å²) in [4.78, 5) is 19.9. The number of hydrogen-bond acceptors (Lipinski definition) is 3. The largest absolute Gasteiger partial charge is 0.449 e. The number of H-pyrrole nitrogens is 1. The second-order valence-corrected chi connectivity index (χ2v) is 6.83. The molecular formula is C19H24N3O2+. The molecule has 0 spiro atoms. The van der Waals surface area contributed by atoms with Crippen molar-refractivity contribution >= 4 is 22.1 Å². The molecule has 1 aromatic carbocycles. The number of para-hydroxylation sites is 1. The summed E-state index contributed by atoms with van der Waals surface area (Å²) in [6, 6.07) is 8.32. The Bertz CT molecular complexity index is 888. The van der Waals surface area contributed by atoms with E-state index in [1.54, 1.807) is 0 Å². The van der Waals surface area contributed by atoms with Gasteiger partial charge in [-0.25, -0.2) is 4.98 Å². The molecule has 3 aromatic rings. The van der Waals surface area contributed by atoms with Gasteiger partial charge in [0, 0.05) is 5.39 Å². The SMILES string of the molecule is O=c1[nH]c(C[NH2+]C2CCCCCCC2)nc2c1oc1ccccc12. The van der Waals surface area contributed by atoms with Crippen LogP contribution in [-0.2, 0) is 6.54 Å². The lowest BCUT2D eigenvalue weighted by atomic mass is 9.97. The summed E-state index contributed by atoms with van der Waals surface area (Å²) in [6.07, 6.45) is 9.25. The molecule has 1 aliphatic carbocycles. The maximum atomic E-state index is 12.3. The van der Waals surface area contributed by atoms with E-state index in [2.05, 4.69) is 15.3 Å². The number of aromatic amines is 1. The zero-order valence-electron chi connectivity index (χ0n) is 13.9. The minimum absolute atomic E-state index is 0.183. The third-order valence-electron chi connectivity index (χ3n) is 5.07. The van der Waals surface area contributed by atoms with Crippen LogP contribution in [0.3, 0.4) is 0 Å². The topological polar surface area (TPSA) is 75.5 Å². The molecule has 0 aliphatic heterocycles. The van der Waals surface area contributed by atoms with E-state index in [1.807, 2.05) is 24.3 Å². The fourth-order valence-corrected chi connectivity index (χ4v) is 3.75. The standard InChI is InChI=1S/C19H23N3O2/c23-19-18-17(14-10-6-7-11-15(14)24-18)21-16(22-19)12-20-13-8-4-2-1-3-5-9-13/h6-7,10-11,13,20H,1-5,8-9,12H2,(H,21,22,23)/p+1. The van der Waals surface area contributed by atoms with Gasteiger partial charge in [0.15, 0.2) is 5.82 Å². The first-order valence-corrected chi connectivity index (χ1v) is 9.05. The average molecular weight is 326 g/mol. The van der Waals surface area contributed by atoms with Gasteiger partial charge in [-0.1, -0.05) is 31.4 Å². The first kappa shape index (κ1) is 15.4. The lowest BCUT2D eigenvalue weighted by Gasteiger charge is -2.17. The van der Waals surface area contributed by atoms with Gasteiger partial charge in [0.2, 0.25) is 5.58 Å². The van der Waals surface area contributed by atoms with E-state index < -0.39 is 0 Å². The van der Waals surface area contributed by atoms with Gasteiger partial charge < -0.3 is 14.7 Å². The maximum Gasteiger partial charge on any atom is 0.294 e. The number of benzene rings is 1. The first-order valence-electron chi connectivity index (χ1n) is 9.05. The van der Waals surface area contributed by atoms with Crippen molar-refractivity contribution in [2.45, 2.75) is 57.5 Å². The Hall–Kier alpha value is -2.14. The molecule has 126 valence electrons. The van der Waals surface area contributed by atoms with Crippen molar-refractivity contribution in [3.8, 4) is 0 Å². The summed E-state index contributed by atoms with van der Waals surface area (Å²) in [5, 5.41) is 3.25. The summed E-state index contributed by atoms with van der Waals surface area (Å²) in [5.41, 5.74) is 1.53. The van der Waals surface area contributed by atoms with Crippen LogP contribution in [0, 0.1) is 0 Å². The van der Waals surface area contributed by atoms with Crippen molar-refractivity contribution in [2.24, 2.45) is 0 Å². The molecule has 1 saturated carbocycles. The Balaban J connectivity index is 1.57. The summed E-state index contributed by atoms with van der Waals surface area (Å²) in [7, 11) is 0. The highest BCUT2D eigenvalue weighted by atomic mass is 16.3. The highest BCUT2D eigenvalue weighted by Gasteiger charge is 2.17. The van der Waals surface area contributed by atoms with E-state index in [1.165, 1.54) is 44.9 Å². The number of hydrogen-bond donors (Lipinski definition) is 2. The van der Waals surface area contributed by atoms with Crippen molar-refractivity contribution < 1.29 is 9.73 Å². The number of rotatable bonds is 3. The van der Waals surface area contributed by atoms with Crippen LogP contribution >= 0.6 is 0 Å². The predicted molar refractivity (Wildman–Crippen MR) is 93.9 cm³/mol. The van der Waals surface area contributed by atoms with Crippen molar-refractivity contribution in [3.05, 3.63) is 40.4 Å². The van der Waals surface area contributed by atoms with E-state index in [9.17, 15) is 4.79 Å².